The van der Waals surface area contributed by atoms with Gasteiger partial charge < -0.3 is 20.4 Å². The zero-order chi connectivity index (χ0) is 19.1. The third kappa shape index (κ3) is 6.36. The van der Waals surface area contributed by atoms with Crippen molar-refractivity contribution in [1.29, 1.82) is 0 Å². The molecular formula is C22H30O4. The fraction of sp³-hybridized carbons (Fsp3) is 0.455. The van der Waals surface area contributed by atoms with Gasteiger partial charge in [-0.1, -0.05) is 24.3 Å². The molecule has 0 spiro atoms. The molecule has 0 radical (unpaired) electrons. The van der Waals surface area contributed by atoms with Crippen LogP contribution in [0.25, 0.3) is 0 Å². The van der Waals surface area contributed by atoms with Crippen molar-refractivity contribution < 1.29 is 20.4 Å². The van der Waals surface area contributed by atoms with E-state index in [2.05, 4.69) is 0 Å². The van der Waals surface area contributed by atoms with E-state index < -0.39 is 12.2 Å². The summed E-state index contributed by atoms with van der Waals surface area (Å²) in [5.41, 5.74) is 2.00. The third-order valence-corrected chi connectivity index (χ3v) is 4.97. The van der Waals surface area contributed by atoms with E-state index >= 15 is 0 Å². The number of hydrogen-bond donors (Lipinski definition) is 4. The van der Waals surface area contributed by atoms with Crippen molar-refractivity contribution in [1.82, 2.24) is 0 Å². The van der Waals surface area contributed by atoms with Crippen molar-refractivity contribution in [2.75, 3.05) is 0 Å². The lowest BCUT2D eigenvalue weighted by Crippen LogP contribution is -2.30. The van der Waals surface area contributed by atoms with E-state index in [-0.39, 0.29) is 23.3 Å². The second-order valence-corrected chi connectivity index (χ2v) is 7.34. The molecule has 4 atom stereocenters. The molecule has 4 nitrogen and oxygen atoms in total. The van der Waals surface area contributed by atoms with Crippen molar-refractivity contribution in [3.63, 3.8) is 0 Å². The average Bonchev–Trinajstić information content (AvgIpc) is 2.56. The molecule has 2 aromatic rings. The molecule has 0 saturated carbocycles. The Balaban J connectivity index is 2.22. The zero-order valence-electron chi connectivity index (χ0n) is 15.5. The molecule has 0 aliphatic rings. The van der Waals surface area contributed by atoms with Crippen LogP contribution in [0.5, 0.6) is 11.5 Å². The normalized spacial score (nSPS) is 16.0. The molecule has 2 aromatic carbocycles. The maximum Gasteiger partial charge on any atom is 0.115 e. The van der Waals surface area contributed by atoms with Crippen molar-refractivity contribution in [3.8, 4) is 11.5 Å². The Hall–Kier alpha value is -2.04. The third-order valence-electron chi connectivity index (χ3n) is 4.97. The smallest absolute Gasteiger partial charge is 0.115 e. The summed E-state index contributed by atoms with van der Waals surface area (Å²) in [6, 6.07) is 14.3. The van der Waals surface area contributed by atoms with Crippen LogP contribution < -0.4 is 0 Å². The van der Waals surface area contributed by atoms with Gasteiger partial charge in [-0.15, -0.1) is 0 Å². The van der Waals surface area contributed by atoms with Crippen LogP contribution in [-0.4, -0.2) is 32.6 Å². The number of phenolic OH excluding ortho intramolecular Hbond substituents is 2. The van der Waals surface area contributed by atoms with E-state index in [9.17, 15) is 20.4 Å². The molecule has 0 unspecified atom stereocenters. The van der Waals surface area contributed by atoms with E-state index in [0.29, 0.717) is 12.8 Å². The van der Waals surface area contributed by atoms with Gasteiger partial charge in [0.05, 0.1) is 12.2 Å². The highest BCUT2D eigenvalue weighted by atomic mass is 16.3. The van der Waals surface area contributed by atoms with Crippen LogP contribution in [0.15, 0.2) is 48.5 Å². The van der Waals surface area contributed by atoms with Gasteiger partial charge in [-0.25, -0.2) is 0 Å². The van der Waals surface area contributed by atoms with Gasteiger partial charge in [0, 0.05) is 0 Å². The summed E-state index contributed by atoms with van der Waals surface area (Å²) in [6.45, 7) is 3.57. The van der Waals surface area contributed by atoms with Gasteiger partial charge in [0.25, 0.3) is 0 Å². The lowest BCUT2D eigenvalue weighted by Gasteiger charge is -2.30. The number of phenols is 2. The summed E-state index contributed by atoms with van der Waals surface area (Å²) >= 11 is 0. The van der Waals surface area contributed by atoms with Gasteiger partial charge in [-0.3, -0.25) is 0 Å². The summed E-state index contributed by atoms with van der Waals surface area (Å²) in [6.07, 6.45) is 1.89. The maximum absolute atomic E-state index is 10.4. The first-order valence-electron chi connectivity index (χ1n) is 9.27. The highest BCUT2D eigenvalue weighted by Crippen LogP contribution is 2.30. The molecule has 4 heteroatoms. The molecule has 0 aromatic heterocycles. The summed E-state index contributed by atoms with van der Waals surface area (Å²) in [7, 11) is 0. The minimum absolute atomic E-state index is 0.0158. The molecule has 0 saturated heterocycles. The van der Waals surface area contributed by atoms with E-state index in [1.54, 1.807) is 38.1 Å². The lowest BCUT2D eigenvalue weighted by molar-refractivity contribution is 0.0751. The second kappa shape index (κ2) is 9.60. The first kappa shape index (κ1) is 20.3. The summed E-state index contributed by atoms with van der Waals surface area (Å²) < 4.78 is 0. The predicted octanol–water partition coefficient (Wildman–Crippen LogP) is 3.66. The minimum atomic E-state index is -0.520. The number of benzene rings is 2. The Bertz CT molecular complexity index is 681. The number of hydrogen-bond acceptors (Lipinski definition) is 4. The predicted molar refractivity (Wildman–Crippen MR) is 103 cm³/mol. The second-order valence-electron chi connectivity index (χ2n) is 7.34. The van der Waals surface area contributed by atoms with Gasteiger partial charge in [0.2, 0.25) is 0 Å². The lowest BCUT2D eigenvalue weighted by atomic mass is 9.77. The topological polar surface area (TPSA) is 80.9 Å². The van der Waals surface area contributed by atoms with Crippen LogP contribution in [0.3, 0.4) is 0 Å². The highest BCUT2D eigenvalue weighted by molar-refractivity contribution is 5.29. The minimum Gasteiger partial charge on any atom is -0.508 e. The molecule has 2 rings (SSSR count). The molecular weight excluding hydrogens is 328 g/mol. The van der Waals surface area contributed by atoms with Gasteiger partial charge in [-0.2, -0.15) is 0 Å². The van der Waals surface area contributed by atoms with E-state index in [0.717, 1.165) is 24.0 Å². The van der Waals surface area contributed by atoms with Crippen LogP contribution in [0, 0.1) is 11.8 Å². The summed E-state index contributed by atoms with van der Waals surface area (Å²) in [5, 5.41) is 39.6. The van der Waals surface area contributed by atoms with Crippen LogP contribution in [0.4, 0.5) is 0 Å². The molecule has 0 amide bonds. The monoisotopic (exact) mass is 358 g/mol. The fourth-order valence-corrected chi connectivity index (χ4v) is 3.60. The van der Waals surface area contributed by atoms with Crippen LogP contribution >= 0.6 is 0 Å². The Kier molecular flexibility index (Phi) is 7.49. The van der Waals surface area contributed by atoms with E-state index in [4.69, 9.17) is 0 Å². The molecule has 142 valence electrons. The van der Waals surface area contributed by atoms with Crippen LogP contribution in [0.2, 0.25) is 0 Å². The highest BCUT2D eigenvalue weighted by Gasteiger charge is 2.27. The summed E-state index contributed by atoms with van der Waals surface area (Å²) in [5.74, 6) is 0.588. The molecule has 4 N–H and O–H groups in total. The number of aliphatic hydroxyl groups excluding tert-OH is 2. The van der Waals surface area contributed by atoms with Gasteiger partial charge in [-0.05, 0) is 86.8 Å². The Morgan fingerprint density at radius 1 is 0.769 bits per heavy atom. The molecule has 0 aliphatic carbocycles. The van der Waals surface area contributed by atoms with Crippen molar-refractivity contribution in [2.24, 2.45) is 11.8 Å². The number of rotatable bonds is 9. The van der Waals surface area contributed by atoms with Crippen LogP contribution in [0.1, 0.15) is 37.8 Å². The van der Waals surface area contributed by atoms with E-state index in [1.807, 2.05) is 24.3 Å². The molecule has 0 bridgehead atoms. The van der Waals surface area contributed by atoms with Gasteiger partial charge in [0.15, 0.2) is 0 Å². The van der Waals surface area contributed by atoms with Crippen molar-refractivity contribution in [2.45, 2.75) is 51.7 Å². The SMILES string of the molecule is C[C@@H](O)CC[C@@H](Cc1cccc(O)c1)[C@H](Cc1cccc(O)c1)[C@@H](C)O. The van der Waals surface area contributed by atoms with Crippen molar-refractivity contribution >= 4 is 0 Å². The first-order valence-corrected chi connectivity index (χ1v) is 9.27. The van der Waals surface area contributed by atoms with Crippen LogP contribution in [-0.2, 0) is 12.8 Å². The number of aromatic hydroxyl groups is 2. The van der Waals surface area contributed by atoms with Crippen molar-refractivity contribution in [3.05, 3.63) is 59.7 Å². The fourth-order valence-electron chi connectivity index (χ4n) is 3.60. The standard InChI is InChI=1S/C22H30O4/c1-15(23)9-10-19(11-17-5-3-7-20(25)12-17)22(16(2)24)14-18-6-4-8-21(26)13-18/h3-8,12-13,15-16,19,22-26H,9-11,14H2,1-2H3/t15-,16-,19+,22-/m1/s1. The maximum atomic E-state index is 10.4. The molecule has 0 aliphatic heterocycles. The molecule has 26 heavy (non-hydrogen) atoms. The summed E-state index contributed by atoms with van der Waals surface area (Å²) in [4.78, 5) is 0. The molecule has 0 fully saturated rings. The Labute approximate surface area is 155 Å². The number of aliphatic hydroxyl groups is 2. The van der Waals surface area contributed by atoms with E-state index in [1.165, 1.54) is 0 Å². The Morgan fingerprint density at radius 2 is 1.31 bits per heavy atom. The van der Waals surface area contributed by atoms with Gasteiger partial charge >= 0.3 is 0 Å². The first-order chi connectivity index (χ1) is 12.3. The quantitative estimate of drug-likeness (QED) is 0.551. The zero-order valence-corrected chi connectivity index (χ0v) is 15.5. The van der Waals surface area contributed by atoms with Gasteiger partial charge in [0.1, 0.15) is 11.5 Å². The average molecular weight is 358 g/mol. The largest absolute Gasteiger partial charge is 0.508 e. The Morgan fingerprint density at radius 3 is 1.77 bits per heavy atom. The molecule has 0 heterocycles.